The van der Waals surface area contributed by atoms with Crippen molar-refractivity contribution in [2.45, 2.75) is 32.9 Å². The Morgan fingerprint density at radius 3 is 2.85 bits per heavy atom. The van der Waals surface area contributed by atoms with Crippen molar-refractivity contribution in [3.63, 3.8) is 0 Å². The summed E-state index contributed by atoms with van der Waals surface area (Å²) in [6.45, 7) is 6.27. The van der Waals surface area contributed by atoms with Crippen LogP contribution < -0.4 is 0 Å². The van der Waals surface area contributed by atoms with Gasteiger partial charge < -0.3 is 14.2 Å². The minimum atomic E-state index is -1.42. The molecule has 0 amide bonds. The van der Waals surface area contributed by atoms with E-state index in [2.05, 4.69) is 49.9 Å². The third-order valence-corrected chi connectivity index (χ3v) is 4.48. The van der Waals surface area contributed by atoms with Crippen LogP contribution in [0.1, 0.15) is 31.0 Å². The van der Waals surface area contributed by atoms with Gasteiger partial charge >= 0.3 is 0 Å². The van der Waals surface area contributed by atoms with Crippen LogP contribution >= 0.6 is 0 Å². The van der Waals surface area contributed by atoms with Gasteiger partial charge in [0, 0.05) is 41.5 Å². The summed E-state index contributed by atoms with van der Waals surface area (Å²) >= 11 is 0. The lowest BCUT2D eigenvalue weighted by molar-refractivity contribution is 0.112. The summed E-state index contributed by atoms with van der Waals surface area (Å²) < 4.78 is 7.16. The lowest BCUT2D eigenvalue weighted by Gasteiger charge is -2.11. The molecule has 0 aliphatic heterocycles. The zero-order valence-electron chi connectivity index (χ0n) is 15.3. The number of fused-ring (bicyclic) bond motifs is 1. The van der Waals surface area contributed by atoms with Crippen LogP contribution in [-0.4, -0.2) is 30.0 Å². The van der Waals surface area contributed by atoms with E-state index in [9.17, 15) is 5.11 Å². The van der Waals surface area contributed by atoms with Crippen LogP contribution in [0.4, 0.5) is 0 Å². The van der Waals surface area contributed by atoms with E-state index in [1.807, 2.05) is 12.3 Å². The number of nitrogens with one attached hydrogen (secondary N) is 1. The molecule has 7 heteroatoms. The summed E-state index contributed by atoms with van der Waals surface area (Å²) in [5.74, 6) is 6.42. The van der Waals surface area contributed by atoms with Gasteiger partial charge in [-0.05, 0) is 32.8 Å². The predicted octanol–water partition coefficient (Wildman–Crippen LogP) is 3.00. The molecule has 4 heterocycles. The molecule has 4 aromatic heterocycles. The van der Waals surface area contributed by atoms with Crippen LogP contribution in [0.15, 0.2) is 41.4 Å². The molecule has 0 spiro atoms. The molecule has 0 aromatic carbocycles. The molecule has 0 bridgehead atoms. The highest BCUT2D eigenvalue weighted by Gasteiger charge is 2.24. The van der Waals surface area contributed by atoms with Gasteiger partial charge in [-0.15, -0.1) is 0 Å². The van der Waals surface area contributed by atoms with E-state index in [4.69, 9.17) is 4.52 Å². The second-order valence-electron chi connectivity index (χ2n) is 6.55. The molecule has 27 heavy (non-hydrogen) atoms. The van der Waals surface area contributed by atoms with Gasteiger partial charge in [0.25, 0.3) is 0 Å². The molecular formula is C20H19N5O2. The first-order valence-electron chi connectivity index (χ1n) is 8.65. The van der Waals surface area contributed by atoms with Crippen LogP contribution in [0.3, 0.4) is 0 Å². The summed E-state index contributed by atoms with van der Waals surface area (Å²) in [6.07, 6.45) is 7.54. The molecule has 0 saturated heterocycles. The number of aromatic amines is 1. The van der Waals surface area contributed by atoms with Crippen LogP contribution in [0.2, 0.25) is 0 Å². The van der Waals surface area contributed by atoms with Gasteiger partial charge in [0.05, 0.1) is 17.9 Å². The normalized spacial score (nSPS) is 13.3. The van der Waals surface area contributed by atoms with Crippen LogP contribution in [0.25, 0.3) is 22.0 Å². The summed E-state index contributed by atoms with van der Waals surface area (Å²) in [5.41, 5.74) is 2.62. The van der Waals surface area contributed by atoms with Crippen molar-refractivity contribution in [3.8, 4) is 23.0 Å². The van der Waals surface area contributed by atoms with Gasteiger partial charge in [-0.1, -0.05) is 11.1 Å². The van der Waals surface area contributed by atoms with E-state index in [1.54, 1.807) is 32.3 Å². The van der Waals surface area contributed by atoms with Crippen LogP contribution in [0, 0.1) is 18.8 Å². The average molecular weight is 361 g/mol. The first kappa shape index (κ1) is 17.1. The number of aliphatic hydroxyl groups is 1. The lowest BCUT2D eigenvalue weighted by atomic mass is 10.0. The topological polar surface area (TPSA) is 92.8 Å². The molecule has 136 valence electrons. The summed E-state index contributed by atoms with van der Waals surface area (Å²) in [4.78, 5) is 4.44. The van der Waals surface area contributed by atoms with E-state index in [0.29, 0.717) is 17.1 Å². The molecule has 4 rings (SSSR count). The highest BCUT2D eigenvalue weighted by Crippen LogP contribution is 2.30. The van der Waals surface area contributed by atoms with E-state index in [-0.39, 0.29) is 0 Å². The molecule has 2 N–H and O–H groups in total. The van der Waals surface area contributed by atoms with Gasteiger partial charge in [-0.3, -0.25) is 5.10 Å². The Hall–Kier alpha value is -3.37. The van der Waals surface area contributed by atoms with E-state index in [0.717, 1.165) is 28.6 Å². The molecular weight excluding hydrogens is 342 g/mol. The molecule has 0 fully saturated rings. The summed E-state index contributed by atoms with van der Waals surface area (Å²) in [5, 5.41) is 22.4. The maximum absolute atomic E-state index is 10.6. The van der Waals surface area contributed by atoms with Crippen LogP contribution in [0.5, 0.6) is 0 Å². The number of nitrogens with zero attached hydrogens (tertiary/aromatic N) is 4. The highest BCUT2D eigenvalue weighted by molar-refractivity contribution is 5.96. The average Bonchev–Trinajstić information content (AvgIpc) is 3.39. The highest BCUT2D eigenvalue weighted by atomic mass is 16.5. The molecule has 4 aromatic rings. The van der Waals surface area contributed by atoms with Crippen molar-refractivity contribution in [1.29, 1.82) is 0 Å². The number of rotatable bonds is 3. The Morgan fingerprint density at radius 2 is 2.19 bits per heavy atom. The maximum atomic E-state index is 10.6. The predicted molar refractivity (Wildman–Crippen MR) is 101 cm³/mol. The standard InChI is InChI=1S/C20H19N5O2/c1-4-25-12-17(14-9-22-23-10-14)16-8-15(21-11-18(16)25)5-6-20(3,26)19-7-13(2)27-24-19/h7-12,26H,4H2,1-3H3,(H,22,23). The fourth-order valence-electron chi connectivity index (χ4n) is 2.99. The number of hydrogen-bond acceptors (Lipinski definition) is 5. The smallest absolute Gasteiger partial charge is 0.168 e. The Kier molecular flexibility index (Phi) is 4.05. The molecule has 0 radical (unpaired) electrons. The van der Waals surface area contributed by atoms with Crippen LogP contribution in [-0.2, 0) is 12.1 Å². The first-order chi connectivity index (χ1) is 13.0. The fraction of sp³-hybridized carbons (Fsp3) is 0.250. The van der Waals surface area contributed by atoms with Crippen molar-refractivity contribution in [2.75, 3.05) is 0 Å². The first-order valence-corrected chi connectivity index (χ1v) is 8.65. The Labute approximate surface area is 156 Å². The quantitative estimate of drug-likeness (QED) is 0.547. The number of H-pyrrole nitrogens is 1. The minimum Gasteiger partial charge on any atom is -0.372 e. The molecule has 7 nitrogen and oxygen atoms in total. The third kappa shape index (κ3) is 3.11. The van der Waals surface area contributed by atoms with Gasteiger partial charge in [0.15, 0.2) is 5.60 Å². The van der Waals surface area contributed by atoms with E-state index >= 15 is 0 Å². The second-order valence-corrected chi connectivity index (χ2v) is 6.55. The third-order valence-electron chi connectivity index (χ3n) is 4.48. The van der Waals surface area contributed by atoms with Gasteiger partial charge in [-0.25, -0.2) is 4.98 Å². The largest absolute Gasteiger partial charge is 0.372 e. The van der Waals surface area contributed by atoms with Crippen molar-refractivity contribution in [3.05, 3.63) is 54.1 Å². The molecule has 0 saturated carbocycles. The zero-order chi connectivity index (χ0) is 19.0. The van der Waals surface area contributed by atoms with Gasteiger partial charge in [-0.2, -0.15) is 5.10 Å². The van der Waals surface area contributed by atoms with Gasteiger partial charge in [0.1, 0.15) is 17.1 Å². The Morgan fingerprint density at radius 1 is 1.33 bits per heavy atom. The second kappa shape index (κ2) is 6.41. The fourth-order valence-corrected chi connectivity index (χ4v) is 2.99. The number of hydrogen-bond donors (Lipinski definition) is 2. The van der Waals surface area contributed by atoms with E-state index < -0.39 is 5.60 Å². The number of aryl methyl sites for hydroxylation is 2. The molecule has 1 unspecified atom stereocenters. The molecule has 0 aliphatic carbocycles. The van der Waals surface area contributed by atoms with Gasteiger partial charge in [0.2, 0.25) is 0 Å². The maximum Gasteiger partial charge on any atom is 0.168 e. The Balaban J connectivity index is 1.77. The molecule has 0 aliphatic rings. The monoisotopic (exact) mass is 361 g/mol. The molecule has 1 atom stereocenters. The number of aromatic nitrogens is 5. The summed E-state index contributed by atoms with van der Waals surface area (Å²) in [6, 6.07) is 3.60. The van der Waals surface area contributed by atoms with Crippen molar-refractivity contribution in [2.24, 2.45) is 0 Å². The van der Waals surface area contributed by atoms with Crippen molar-refractivity contribution >= 4 is 10.9 Å². The number of pyridine rings is 1. The zero-order valence-corrected chi connectivity index (χ0v) is 15.3. The summed E-state index contributed by atoms with van der Waals surface area (Å²) in [7, 11) is 0. The van der Waals surface area contributed by atoms with E-state index in [1.165, 1.54) is 0 Å². The SMILES string of the molecule is CCn1cc(-c2cn[nH]c2)c2cc(C#CC(C)(O)c3cc(C)on3)ncc21. The Bertz CT molecular complexity index is 1160. The van der Waals surface area contributed by atoms with Crippen molar-refractivity contribution < 1.29 is 9.63 Å². The van der Waals surface area contributed by atoms with Crippen molar-refractivity contribution in [1.82, 2.24) is 24.9 Å². The minimum absolute atomic E-state index is 0.379. The lowest BCUT2D eigenvalue weighted by Crippen LogP contribution is -2.18.